The molecule has 0 amide bonds. The molecule has 0 aliphatic carbocycles. The Morgan fingerprint density at radius 2 is 0.609 bits per heavy atom. The van der Waals surface area contributed by atoms with Crippen LogP contribution in [0.3, 0.4) is 0 Å². The third-order valence-corrected chi connectivity index (χ3v) is 11.1. The highest BCUT2D eigenvalue weighted by Gasteiger charge is 2.19. The van der Waals surface area contributed by atoms with Gasteiger partial charge in [-0.25, -0.2) is 0 Å². The summed E-state index contributed by atoms with van der Waals surface area (Å²) in [6.45, 7) is 6.35. The van der Waals surface area contributed by atoms with E-state index in [-0.39, 0.29) is 44.0 Å². The predicted molar refractivity (Wildman–Crippen MR) is 297 cm³/mol. The standard InChI is InChI=1S/C63H100O6/c1-4-7-10-13-16-19-22-25-28-30-31-33-36-38-41-44-47-50-53-56-62(65)68-59-60(69-63(66)57-54-51-48-45-42-39-34-27-24-21-18-15-12-9-6-3)58-67-61(64)55-52-49-46-43-40-37-35-32-29-26-23-20-17-14-11-8-5-2/h8,11,16-17,19-21,24-26,28-29,31,33,35,37-38,41,43,46-47,50,60H,4-7,9-10,12-15,18,22-23,27,30,32,34,36,39-40,42,44-45,48-49,51-59H2,1-3H3/b11-8-,19-16-,20-17-,24-21-,28-25-,29-26-,33-31-,37-35-,41-38-,46-43-,50-47-/t60-/m1/s1. The van der Waals surface area contributed by atoms with Crippen LogP contribution in [0.4, 0.5) is 0 Å². The zero-order chi connectivity index (χ0) is 50.0. The van der Waals surface area contributed by atoms with Gasteiger partial charge >= 0.3 is 17.9 Å². The lowest BCUT2D eigenvalue weighted by Crippen LogP contribution is -2.30. The molecule has 388 valence electrons. The van der Waals surface area contributed by atoms with Crippen molar-refractivity contribution < 1.29 is 28.6 Å². The Hall–Kier alpha value is -4.45. The van der Waals surface area contributed by atoms with Gasteiger partial charge < -0.3 is 14.2 Å². The zero-order valence-corrected chi connectivity index (χ0v) is 44.3. The Morgan fingerprint density at radius 1 is 0.304 bits per heavy atom. The molecule has 0 saturated carbocycles. The maximum absolute atomic E-state index is 12.8. The second kappa shape index (κ2) is 56.1. The predicted octanol–water partition coefficient (Wildman–Crippen LogP) is 18.6. The van der Waals surface area contributed by atoms with Crippen molar-refractivity contribution in [1.29, 1.82) is 0 Å². The molecule has 0 aliphatic heterocycles. The molecule has 0 rings (SSSR count). The molecule has 0 saturated heterocycles. The van der Waals surface area contributed by atoms with Crippen LogP contribution in [0.25, 0.3) is 0 Å². The fourth-order valence-electron chi connectivity index (χ4n) is 6.98. The van der Waals surface area contributed by atoms with Gasteiger partial charge in [0.05, 0.1) is 0 Å². The molecule has 0 aromatic rings. The van der Waals surface area contributed by atoms with E-state index in [9.17, 15) is 14.4 Å². The second-order valence-electron chi connectivity index (χ2n) is 17.7. The zero-order valence-electron chi connectivity index (χ0n) is 44.3. The molecule has 0 aliphatic rings. The van der Waals surface area contributed by atoms with E-state index in [4.69, 9.17) is 14.2 Å². The first-order valence-electron chi connectivity index (χ1n) is 27.7. The lowest BCUT2D eigenvalue weighted by Gasteiger charge is -2.18. The molecule has 0 bridgehead atoms. The Balaban J connectivity index is 4.61. The van der Waals surface area contributed by atoms with Gasteiger partial charge in [-0.2, -0.15) is 0 Å². The van der Waals surface area contributed by atoms with Crippen LogP contribution in [-0.4, -0.2) is 37.2 Å². The Labute approximate surface area is 424 Å². The van der Waals surface area contributed by atoms with Crippen LogP contribution < -0.4 is 0 Å². The van der Waals surface area contributed by atoms with Crippen molar-refractivity contribution in [3.8, 4) is 0 Å². The maximum Gasteiger partial charge on any atom is 0.306 e. The lowest BCUT2D eigenvalue weighted by molar-refractivity contribution is -0.166. The first-order chi connectivity index (χ1) is 34.0. The maximum atomic E-state index is 12.8. The number of allylic oxidation sites excluding steroid dienone is 22. The number of hydrogen-bond acceptors (Lipinski definition) is 6. The average Bonchev–Trinajstić information content (AvgIpc) is 3.35. The highest BCUT2D eigenvalue weighted by Crippen LogP contribution is 2.13. The van der Waals surface area contributed by atoms with Crippen LogP contribution in [0, 0.1) is 0 Å². The normalized spacial score (nSPS) is 13.1. The lowest BCUT2D eigenvalue weighted by atomic mass is 10.1. The molecule has 0 fully saturated rings. The summed E-state index contributed by atoms with van der Waals surface area (Å²) < 4.78 is 16.7. The van der Waals surface area contributed by atoms with Crippen molar-refractivity contribution in [3.05, 3.63) is 134 Å². The van der Waals surface area contributed by atoms with Crippen LogP contribution in [0.5, 0.6) is 0 Å². The Bertz CT molecular complexity index is 1510. The molecular formula is C63H100O6. The van der Waals surface area contributed by atoms with E-state index in [0.29, 0.717) is 19.3 Å². The summed E-state index contributed by atoms with van der Waals surface area (Å²) in [5.74, 6) is -1.08. The highest BCUT2D eigenvalue weighted by molar-refractivity contribution is 5.71. The van der Waals surface area contributed by atoms with Gasteiger partial charge in [0.2, 0.25) is 0 Å². The van der Waals surface area contributed by atoms with Gasteiger partial charge in [-0.1, -0.05) is 219 Å². The van der Waals surface area contributed by atoms with Crippen LogP contribution in [0.2, 0.25) is 0 Å². The fraction of sp³-hybridized carbons (Fsp3) is 0.603. The van der Waals surface area contributed by atoms with Crippen LogP contribution in [0.15, 0.2) is 134 Å². The fourth-order valence-corrected chi connectivity index (χ4v) is 6.98. The van der Waals surface area contributed by atoms with Crippen molar-refractivity contribution in [2.75, 3.05) is 13.2 Å². The summed E-state index contributed by atoms with van der Waals surface area (Å²) in [6.07, 6.45) is 78.8. The molecule has 1 atom stereocenters. The van der Waals surface area contributed by atoms with Gasteiger partial charge in [0.25, 0.3) is 0 Å². The second-order valence-corrected chi connectivity index (χ2v) is 17.7. The number of esters is 3. The number of rotatable bonds is 48. The highest BCUT2D eigenvalue weighted by atomic mass is 16.6. The van der Waals surface area contributed by atoms with Gasteiger partial charge in [-0.05, 0) is 122 Å². The Kier molecular flexibility index (Phi) is 52.5. The van der Waals surface area contributed by atoms with Gasteiger partial charge in [-0.3, -0.25) is 14.4 Å². The van der Waals surface area contributed by atoms with Gasteiger partial charge in [0.1, 0.15) is 13.2 Å². The molecule has 6 nitrogen and oxygen atoms in total. The Morgan fingerprint density at radius 3 is 1.06 bits per heavy atom. The molecule has 0 unspecified atom stereocenters. The van der Waals surface area contributed by atoms with E-state index >= 15 is 0 Å². The van der Waals surface area contributed by atoms with E-state index < -0.39 is 6.10 Å². The summed E-state index contributed by atoms with van der Waals surface area (Å²) in [5, 5.41) is 0. The molecule has 0 spiro atoms. The number of ether oxygens (including phenoxy) is 3. The summed E-state index contributed by atoms with van der Waals surface area (Å²) in [4.78, 5) is 38.1. The smallest absolute Gasteiger partial charge is 0.306 e. The first-order valence-corrected chi connectivity index (χ1v) is 27.7. The monoisotopic (exact) mass is 953 g/mol. The summed E-state index contributed by atoms with van der Waals surface area (Å²) in [6, 6.07) is 0. The van der Waals surface area contributed by atoms with E-state index in [1.807, 2.05) is 12.2 Å². The van der Waals surface area contributed by atoms with Crippen molar-refractivity contribution in [2.45, 2.75) is 232 Å². The minimum absolute atomic E-state index is 0.136. The average molecular weight is 953 g/mol. The van der Waals surface area contributed by atoms with Crippen LogP contribution in [0.1, 0.15) is 226 Å². The van der Waals surface area contributed by atoms with Gasteiger partial charge in [-0.15, -0.1) is 0 Å². The molecule has 0 aromatic heterocycles. The number of hydrogen-bond donors (Lipinski definition) is 0. The molecule has 69 heavy (non-hydrogen) atoms. The molecule has 0 heterocycles. The van der Waals surface area contributed by atoms with Crippen LogP contribution >= 0.6 is 0 Å². The molecular weight excluding hydrogens is 853 g/mol. The van der Waals surface area contributed by atoms with E-state index in [2.05, 4.69) is 142 Å². The molecule has 0 radical (unpaired) electrons. The van der Waals surface area contributed by atoms with E-state index in [0.717, 1.165) is 83.5 Å². The minimum atomic E-state index is -0.838. The van der Waals surface area contributed by atoms with E-state index in [1.165, 1.54) is 89.9 Å². The topological polar surface area (TPSA) is 78.9 Å². The SMILES string of the molecule is CC/C=C\C/C=C\C/C=C\C/C=C\C/C=C\CCCC(=O)OC[C@H](COC(=O)CC/C=C\C/C=C\C/C=C\C/C=C\C/C=C\CCCCC)OC(=O)CCCCCCCCC/C=C\CCCCCC. The number of carbonyl (C=O) groups is 3. The summed E-state index contributed by atoms with van der Waals surface area (Å²) in [5.41, 5.74) is 0. The molecule has 0 aromatic carbocycles. The third-order valence-electron chi connectivity index (χ3n) is 11.1. The number of unbranched alkanes of at least 4 members (excludes halogenated alkanes) is 15. The minimum Gasteiger partial charge on any atom is -0.462 e. The first kappa shape index (κ1) is 64.5. The summed E-state index contributed by atoms with van der Waals surface area (Å²) >= 11 is 0. The van der Waals surface area contributed by atoms with Crippen molar-refractivity contribution in [3.63, 3.8) is 0 Å². The largest absolute Gasteiger partial charge is 0.462 e. The number of carbonyl (C=O) groups excluding carboxylic acids is 3. The van der Waals surface area contributed by atoms with Crippen LogP contribution in [-0.2, 0) is 28.6 Å². The quantitative estimate of drug-likeness (QED) is 0.0262. The van der Waals surface area contributed by atoms with Crippen molar-refractivity contribution in [1.82, 2.24) is 0 Å². The van der Waals surface area contributed by atoms with Crippen molar-refractivity contribution in [2.24, 2.45) is 0 Å². The molecule has 0 N–H and O–H groups in total. The van der Waals surface area contributed by atoms with Gasteiger partial charge in [0, 0.05) is 19.3 Å². The third kappa shape index (κ3) is 54.4. The van der Waals surface area contributed by atoms with Gasteiger partial charge in [0.15, 0.2) is 6.10 Å². The molecule has 6 heteroatoms. The van der Waals surface area contributed by atoms with E-state index in [1.54, 1.807) is 0 Å². The summed E-state index contributed by atoms with van der Waals surface area (Å²) in [7, 11) is 0. The van der Waals surface area contributed by atoms with Crippen molar-refractivity contribution >= 4 is 17.9 Å².